The Morgan fingerprint density at radius 1 is 1.04 bits per heavy atom. The Hall–Kier alpha value is -0.120. The van der Waals surface area contributed by atoms with Gasteiger partial charge in [-0.05, 0) is 38.8 Å². The molecule has 2 N–H and O–H groups in total. The molecule has 0 aliphatic carbocycles. The summed E-state index contributed by atoms with van der Waals surface area (Å²) in [7, 11) is 1.69. The molecule has 7 heteroatoms. The van der Waals surface area contributed by atoms with Gasteiger partial charge in [0.2, 0.25) is 0 Å². The van der Waals surface area contributed by atoms with E-state index >= 15 is 0 Å². The summed E-state index contributed by atoms with van der Waals surface area (Å²) in [4.78, 5) is 7.50. The number of nitrogens with zero attached hydrogens (tertiary/aromatic N) is 2. The van der Waals surface area contributed by atoms with Gasteiger partial charge in [0.05, 0.1) is 26.4 Å². The second kappa shape index (κ2) is 17.0. The topological polar surface area (TPSA) is 58.1 Å². The predicted molar refractivity (Wildman–Crippen MR) is 121 cm³/mol. The lowest BCUT2D eigenvalue weighted by atomic mass is 10.0. The molecule has 156 valence electrons. The number of guanidine groups is 1. The highest BCUT2D eigenvalue weighted by atomic mass is 127. The first-order valence-electron chi connectivity index (χ1n) is 10.0. The van der Waals surface area contributed by atoms with Gasteiger partial charge in [0.1, 0.15) is 0 Å². The van der Waals surface area contributed by atoms with E-state index in [1.807, 2.05) is 0 Å². The lowest BCUT2D eigenvalue weighted by molar-refractivity contribution is 0.0733. The van der Waals surface area contributed by atoms with E-state index in [1.165, 1.54) is 38.8 Å². The largest absolute Gasteiger partial charge is 0.382 e. The van der Waals surface area contributed by atoms with Crippen molar-refractivity contribution in [3.63, 3.8) is 0 Å². The fraction of sp³-hybridized carbons (Fsp3) is 0.947. The molecule has 0 aromatic carbocycles. The molecule has 1 aliphatic heterocycles. The van der Waals surface area contributed by atoms with Crippen LogP contribution in [0.5, 0.6) is 0 Å². The summed E-state index contributed by atoms with van der Waals surface area (Å²) >= 11 is 0. The van der Waals surface area contributed by atoms with Gasteiger partial charge in [-0.25, -0.2) is 0 Å². The monoisotopic (exact) mass is 484 g/mol. The average molecular weight is 484 g/mol. The summed E-state index contributed by atoms with van der Waals surface area (Å²) in [5.74, 6) is 1.50. The molecule has 1 fully saturated rings. The van der Waals surface area contributed by atoms with Crippen LogP contribution in [0, 0.1) is 5.92 Å². The molecular weight excluding hydrogens is 443 g/mol. The maximum Gasteiger partial charge on any atom is 0.191 e. The van der Waals surface area contributed by atoms with Crippen molar-refractivity contribution in [1.82, 2.24) is 15.5 Å². The molecule has 1 heterocycles. The van der Waals surface area contributed by atoms with Crippen LogP contribution in [0.4, 0.5) is 0 Å². The maximum absolute atomic E-state index is 5.50. The first-order chi connectivity index (χ1) is 12.2. The fourth-order valence-corrected chi connectivity index (χ4v) is 3.19. The summed E-state index contributed by atoms with van der Waals surface area (Å²) < 4.78 is 10.5. The van der Waals surface area contributed by atoms with E-state index in [0.29, 0.717) is 31.8 Å². The number of hydrogen-bond donors (Lipinski definition) is 2. The van der Waals surface area contributed by atoms with Crippen LogP contribution in [0.2, 0.25) is 0 Å². The van der Waals surface area contributed by atoms with Crippen molar-refractivity contribution in [1.29, 1.82) is 0 Å². The Labute approximate surface area is 177 Å². The molecule has 0 spiro atoms. The molecule has 6 nitrogen and oxygen atoms in total. The molecule has 1 unspecified atom stereocenters. The van der Waals surface area contributed by atoms with Crippen LogP contribution < -0.4 is 10.6 Å². The number of nitrogens with one attached hydrogen (secondary N) is 2. The van der Waals surface area contributed by atoms with Crippen molar-refractivity contribution in [3.8, 4) is 0 Å². The molecular formula is C19H41IN4O2. The van der Waals surface area contributed by atoms with E-state index in [-0.39, 0.29) is 24.0 Å². The number of ether oxygens (including phenoxy) is 2. The zero-order chi connectivity index (χ0) is 18.3. The third-order valence-electron chi connectivity index (χ3n) is 4.63. The normalized spacial score (nSPS) is 17.5. The van der Waals surface area contributed by atoms with Gasteiger partial charge < -0.3 is 20.1 Å². The van der Waals surface area contributed by atoms with Gasteiger partial charge in [0.25, 0.3) is 0 Å². The molecule has 0 bridgehead atoms. The Balaban J connectivity index is 0.00000625. The third kappa shape index (κ3) is 11.6. The number of aliphatic imine (C=N–C) groups is 1. The van der Waals surface area contributed by atoms with Crippen LogP contribution in [0.3, 0.4) is 0 Å². The van der Waals surface area contributed by atoms with Gasteiger partial charge in [-0.2, -0.15) is 0 Å². The second-order valence-electron chi connectivity index (χ2n) is 7.01. The molecule has 1 atom stereocenters. The van der Waals surface area contributed by atoms with Crippen molar-refractivity contribution >= 4 is 29.9 Å². The standard InChI is InChI=1S/C19H40N4O2.HI/c1-5-20-19(21-10-13-25-15-14-24-4)22-16-18(17(2)3)23-11-8-6-7-9-12-23;/h17-18H,5-16H2,1-4H3,(H2,20,21,22);1H. The smallest absolute Gasteiger partial charge is 0.191 e. The van der Waals surface area contributed by atoms with E-state index in [2.05, 4.69) is 36.3 Å². The number of rotatable bonds is 11. The first kappa shape index (κ1) is 25.9. The number of halogens is 1. The Bertz CT molecular complexity index is 348. The van der Waals surface area contributed by atoms with Crippen molar-refractivity contribution in [3.05, 3.63) is 0 Å². The van der Waals surface area contributed by atoms with Gasteiger partial charge >= 0.3 is 0 Å². The lowest BCUT2D eigenvalue weighted by Crippen LogP contribution is -2.44. The highest BCUT2D eigenvalue weighted by molar-refractivity contribution is 14.0. The van der Waals surface area contributed by atoms with E-state index < -0.39 is 0 Å². The third-order valence-corrected chi connectivity index (χ3v) is 4.63. The highest BCUT2D eigenvalue weighted by Crippen LogP contribution is 2.17. The molecule has 1 aliphatic rings. The molecule has 26 heavy (non-hydrogen) atoms. The number of methoxy groups -OCH3 is 1. The van der Waals surface area contributed by atoms with Crippen LogP contribution in [0.15, 0.2) is 4.99 Å². The lowest BCUT2D eigenvalue weighted by Gasteiger charge is -2.32. The Morgan fingerprint density at radius 2 is 1.73 bits per heavy atom. The van der Waals surface area contributed by atoms with Crippen LogP contribution in [-0.2, 0) is 9.47 Å². The van der Waals surface area contributed by atoms with E-state index in [9.17, 15) is 0 Å². The number of hydrogen-bond acceptors (Lipinski definition) is 4. The molecule has 0 amide bonds. The minimum Gasteiger partial charge on any atom is -0.382 e. The first-order valence-corrected chi connectivity index (χ1v) is 10.0. The highest BCUT2D eigenvalue weighted by Gasteiger charge is 2.22. The molecule has 1 rings (SSSR count). The van der Waals surface area contributed by atoms with Crippen molar-refractivity contribution in [2.75, 3.05) is 59.7 Å². The van der Waals surface area contributed by atoms with E-state index in [0.717, 1.165) is 25.6 Å². The average Bonchev–Trinajstić information content (AvgIpc) is 2.87. The summed E-state index contributed by atoms with van der Waals surface area (Å²) in [5.41, 5.74) is 0. The summed E-state index contributed by atoms with van der Waals surface area (Å²) in [6.07, 6.45) is 5.39. The maximum atomic E-state index is 5.50. The van der Waals surface area contributed by atoms with Crippen LogP contribution >= 0.6 is 24.0 Å². The van der Waals surface area contributed by atoms with Gasteiger partial charge in [-0.15, -0.1) is 24.0 Å². The van der Waals surface area contributed by atoms with Crippen LogP contribution in [0.1, 0.15) is 46.5 Å². The van der Waals surface area contributed by atoms with Crippen molar-refractivity contribution < 1.29 is 9.47 Å². The molecule has 0 radical (unpaired) electrons. The van der Waals surface area contributed by atoms with Gasteiger partial charge in [0.15, 0.2) is 5.96 Å². The molecule has 0 saturated carbocycles. The Kier molecular flexibility index (Phi) is 16.9. The summed E-state index contributed by atoms with van der Waals surface area (Å²) in [6, 6.07) is 0.520. The fourth-order valence-electron chi connectivity index (χ4n) is 3.19. The zero-order valence-corrected chi connectivity index (χ0v) is 19.6. The Morgan fingerprint density at radius 3 is 2.31 bits per heavy atom. The molecule has 1 saturated heterocycles. The van der Waals surface area contributed by atoms with E-state index in [1.54, 1.807) is 7.11 Å². The minimum atomic E-state index is 0. The molecule has 0 aromatic heterocycles. The zero-order valence-electron chi connectivity index (χ0n) is 17.3. The van der Waals surface area contributed by atoms with E-state index in [4.69, 9.17) is 14.5 Å². The van der Waals surface area contributed by atoms with Gasteiger partial charge in [-0.3, -0.25) is 9.89 Å². The minimum absolute atomic E-state index is 0. The SMILES string of the molecule is CCNC(=NCC(C(C)C)N1CCCCCC1)NCCOCCOC.I. The quantitative estimate of drug-likeness (QED) is 0.205. The summed E-state index contributed by atoms with van der Waals surface area (Å²) in [5, 5.41) is 6.70. The second-order valence-corrected chi connectivity index (χ2v) is 7.01. The van der Waals surface area contributed by atoms with Crippen LogP contribution in [0.25, 0.3) is 0 Å². The van der Waals surface area contributed by atoms with Crippen LogP contribution in [-0.4, -0.2) is 76.6 Å². The summed E-state index contributed by atoms with van der Waals surface area (Å²) in [6.45, 7) is 13.6. The van der Waals surface area contributed by atoms with Crippen molar-refractivity contribution in [2.45, 2.75) is 52.5 Å². The molecule has 0 aromatic rings. The van der Waals surface area contributed by atoms with Crippen molar-refractivity contribution in [2.24, 2.45) is 10.9 Å². The predicted octanol–water partition coefficient (Wildman–Crippen LogP) is 2.72. The van der Waals surface area contributed by atoms with Gasteiger partial charge in [0, 0.05) is 26.2 Å². The number of likely N-dealkylation sites (tertiary alicyclic amines) is 1. The van der Waals surface area contributed by atoms with Gasteiger partial charge in [-0.1, -0.05) is 26.7 Å².